The maximum Gasteiger partial charge on any atom is 0.313 e. The van der Waals surface area contributed by atoms with Crippen LogP contribution >= 0.6 is 0 Å². The van der Waals surface area contributed by atoms with Gasteiger partial charge in [0.25, 0.3) is 0 Å². The van der Waals surface area contributed by atoms with Gasteiger partial charge in [-0.3, -0.25) is 9.59 Å². The molecule has 0 saturated carbocycles. The Balaban J connectivity index is 1.96. The van der Waals surface area contributed by atoms with E-state index in [9.17, 15) is 19.1 Å². The van der Waals surface area contributed by atoms with Crippen LogP contribution in [0.4, 0.5) is 10.1 Å². The molecule has 0 aliphatic heterocycles. The van der Waals surface area contributed by atoms with E-state index >= 15 is 0 Å². The predicted molar refractivity (Wildman–Crippen MR) is 71.7 cm³/mol. The minimum atomic E-state index is -0.935. The second kappa shape index (κ2) is 6.67. The second-order valence-electron chi connectivity index (χ2n) is 4.19. The summed E-state index contributed by atoms with van der Waals surface area (Å²) < 4.78 is 17.8. The van der Waals surface area contributed by atoms with E-state index in [1.54, 1.807) is 12.1 Å². The first-order valence-electron chi connectivity index (χ1n) is 6.12. The van der Waals surface area contributed by atoms with E-state index in [1.807, 2.05) is 0 Å². The van der Waals surface area contributed by atoms with Gasteiger partial charge in [-0.05, 0) is 36.4 Å². The molecule has 2 amide bonds. The number of rotatable bonds is 4. The third-order valence-electron chi connectivity index (χ3n) is 2.68. The number of halogens is 1. The lowest BCUT2D eigenvalue weighted by Crippen LogP contribution is -2.38. The molecule has 1 atom stereocenters. The van der Waals surface area contributed by atoms with Gasteiger partial charge in [-0.2, -0.15) is 0 Å². The molecule has 0 aliphatic rings. The number of anilines is 1. The largest absolute Gasteiger partial charge is 0.467 e. The standard InChI is InChI=1S/C14H13FN2O4/c15-9-3-5-10(6-4-9)16-13(19)14(20)17-11(8-18)12-2-1-7-21-12/h1-7,11,18H,8H2,(H,16,19)(H,17,20). The molecule has 6 nitrogen and oxygen atoms in total. The van der Waals surface area contributed by atoms with Crippen LogP contribution in [-0.2, 0) is 9.59 Å². The van der Waals surface area contributed by atoms with Crippen molar-refractivity contribution in [3.63, 3.8) is 0 Å². The second-order valence-corrected chi connectivity index (χ2v) is 4.19. The Labute approximate surface area is 119 Å². The van der Waals surface area contributed by atoms with Crippen LogP contribution in [0.15, 0.2) is 47.1 Å². The van der Waals surface area contributed by atoms with Crippen LogP contribution in [0, 0.1) is 5.82 Å². The molecule has 0 spiro atoms. The van der Waals surface area contributed by atoms with E-state index in [4.69, 9.17) is 4.42 Å². The molecule has 21 heavy (non-hydrogen) atoms. The maximum atomic E-state index is 12.7. The minimum Gasteiger partial charge on any atom is -0.467 e. The Morgan fingerprint density at radius 2 is 1.90 bits per heavy atom. The Hall–Kier alpha value is -2.67. The molecule has 0 bridgehead atoms. The normalized spacial score (nSPS) is 11.7. The van der Waals surface area contributed by atoms with Gasteiger partial charge < -0.3 is 20.2 Å². The molecule has 1 aromatic carbocycles. The Morgan fingerprint density at radius 1 is 1.19 bits per heavy atom. The van der Waals surface area contributed by atoms with Gasteiger partial charge in [0.05, 0.1) is 12.9 Å². The molecule has 3 N–H and O–H groups in total. The van der Waals surface area contributed by atoms with E-state index in [0.717, 1.165) is 12.1 Å². The summed E-state index contributed by atoms with van der Waals surface area (Å²) in [5, 5.41) is 13.8. The summed E-state index contributed by atoms with van der Waals surface area (Å²) >= 11 is 0. The summed E-state index contributed by atoms with van der Waals surface area (Å²) in [5.74, 6) is -1.97. The summed E-state index contributed by atoms with van der Waals surface area (Å²) in [6.45, 7) is -0.414. The van der Waals surface area contributed by atoms with Gasteiger partial charge in [-0.15, -0.1) is 0 Å². The van der Waals surface area contributed by atoms with Gasteiger partial charge in [-0.1, -0.05) is 0 Å². The van der Waals surface area contributed by atoms with Crippen molar-refractivity contribution in [2.45, 2.75) is 6.04 Å². The van der Waals surface area contributed by atoms with Gasteiger partial charge in [-0.25, -0.2) is 4.39 Å². The first-order chi connectivity index (χ1) is 10.1. The van der Waals surface area contributed by atoms with Crippen LogP contribution in [0.5, 0.6) is 0 Å². The van der Waals surface area contributed by atoms with Crippen molar-refractivity contribution in [1.29, 1.82) is 0 Å². The highest BCUT2D eigenvalue weighted by Crippen LogP contribution is 2.13. The summed E-state index contributed by atoms with van der Waals surface area (Å²) in [5.41, 5.74) is 0.287. The maximum absolute atomic E-state index is 12.7. The number of hydrogen-bond acceptors (Lipinski definition) is 4. The quantitative estimate of drug-likeness (QED) is 0.739. The van der Waals surface area contributed by atoms with E-state index in [0.29, 0.717) is 5.76 Å². The molecule has 7 heteroatoms. The average Bonchev–Trinajstić information content (AvgIpc) is 3.01. The van der Waals surface area contributed by atoms with E-state index in [2.05, 4.69) is 10.6 Å². The fourth-order valence-corrected chi connectivity index (χ4v) is 1.64. The Kier molecular flexibility index (Phi) is 4.68. The van der Waals surface area contributed by atoms with Crippen molar-refractivity contribution in [3.8, 4) is 0 Å². The molecule has 1 heterocycles. The molecule has 2 aromatic rings. The highest BCUT2D eigenvalue weighted by molar-refractivity contribution is 6.39. The third-order valence-corrected chi connectivity index (χ3v) is 2.68. The number of furan rings is 1. The van der Waals surface area contributed by atoms with Gasteiger partial charge in [0.15, 0.2) is 0 Å². The number of hydrogen-bond donors (Lipinski definition) is 3. The average molecular weight is 292 g/mol. The molecule has 1 unspecified atom stereocenters. The van der Waals surface area contributed by atoms with Crippen LogP contribution in [0.1, 0.15) is 11.8 Å². The first-order valence-corrected chi connectivity index (χ1v) is 6.12. The number of carbonyl (C=O) groups excluding carboxylic acids is 2. The van der Waals surface area contributed by atoms with Crippen molar-refractivity contribution in [2.75, 3.05) is 11.9 Å². The molecular weight excluding hydrogens is 279 g/mol. The number of aliphatic hydroxyl groups is 1. The summed E-state index contributed by atoms with van der Waals surface area (Å²) in [7, 11) is 0. The minimum absolute atomic E-state index is 0.287. The topological polar surface area (TPSA) is 91.6 Å². The van der Waals surface area contributed by atoms with Crippen molar-refractivity contribution in [2.24, 2.45) is 0 Å². The van der Waals surface area contributed by atoms with Gasteiger partial charge in [0, 0.05) is 5.69 Å². The lowest BCUT2D eigenvalue weighted by Gasteiger charge is -2.13. The van der Waals surface area contributed by atoms with Crippen molar-refractivity contribution >= 4 is 17.5 Å². The number of benzene rings is 1. The lowest BCUT2D eigenvalue weighted by molar-refractivity contribution is -0.136. The van der Waals surface area contributed by atoms with Crippen LogP contribution < -0.4 is 10.6 Å². The zero-order valence-corrected chi connectivity index (χ0v) is 10.9. The fraction of sp³-hybridized carbons (Fsp3) is 0.143. The molecule has 0 saturated heterocycles. The monoisotopic (exact) mass is 292 g/mol. The molecule has 1 aromatic heterocycles. The number of aliphatic hydroxyl groups excluding tert-OH is 1. The highest BCUT2D eigenvalue weighted by atomic mass is 19.1. The fourth-order valence-electron chi connectivity index (χ4n) is 1.64. The van der Waals surface area contributed by atoms with E-state index < -0.39 is 30.3 Å². The zero-order valence-electron chi connectivity index (χ0n) is 10.9. The number of carbonyl (C=O) groups is 2. The van der Waals surface area contributed by atoms with Crippen LogP contribution in [-0.4, -0.2) is 23.5 Å². The van der Waals surface area contributed by atoms with Gasteiger partial charge in [0.2, 0.25) is 0 Å². The summed E-state index contributed by atoms with van der Waals surface area (Å²) in [6, 6.07) is 7.33. The predicted octanol–water partition coefficient (Wildman–Crippen LogP) is 1.21. The van der Waals surface area contributed by atoms with Crippen LogP contribution in [0.25, 0.3) is 0 Å². The van der Waals surface area contributed by atoms with Gasteiger partial charge >= 0.3 is 11.8 Å². The third kappa shape index (κ3) is 3.90. The zero-order chi connectivity index (χ0) is 15.2. The SMILES string of the molecule is O=C(Nc1ccc(F)cc1)C(=O)NC(CO)c1ccco1. The molecule has 2 rings (SSSR count). The van der Waals surface area contributed by atoms with Crippen LogP contribution in [0.2, 0.25) is 0 Å². The first kappa shape index (κ1) is 14.7. The molecule has 0 radical (unpaired) electrons. The molecule has 0 fully saturated rings. The number of amides is 2. The molecule has 110 valence electrons. The summed E-state index contributed by atoms with van der Waals surface area (Å²) in [6.07, 6.45) is 1.39. The Morgan fingerprint density at radius 3 is 2.48 bits per heavy atom. The van der Waals surface area contributed by atoms with Gasteiger partial charge in [0.1, 0.15) is 17.6 Å². The smallest absolute Gasteiger partial charge is 0.313 e. The van der Waals surface area contributed by atoms with Crippen molar-refractivity contribution in [1.82, 2.24) is 5.32 Å². The van der Waals surface area contributed by atoms with Crippen molar-refractivity contribution in [3.05, 3.63) is 54.2 Å². The number of nitrogens with one attached hydrogen (secondary N) is 2. The Bertz CT molecular complexity index is 610. The molecular formula is C14H13FN2O4. The van der Waals surface area contributed by atoms with E-state index in [-0.39, 0.29) is 5.69 Å². The van der Waals surface area contributed by atoms with Crippen LogP contribution in [0.3, 0.4) is 0 Å². The van der Waals surface area contributed by atoms with E-state index in [1.165, 1.54) is 18.4 Å². The molecule has 0 aliphatic carbocycles. The lowest BCUT2D eigenvalue weighted by atomic mass is 10.2. The summed E-state index contributed by atoms with van der Waals surface area (Å²) in [4.78, 5) is 23.4. The highest BCUT2D eigenvalue weighted by Gasteiger charge is 2.21. The van der Waals surface area contributed by atoms with Crippen molar-refractivity contribution < 1.29 is 23.5 Å².